The molecule has 2 unspecified atom stereocenters. The molecule has 4 nitrogen and oxygen atoms in total. The third-order valence-electron chi connectivity index (χ3n) is 3.74. The maximum Gasteiger partial charge on any atom is 0.0951 e. The molecule has 2 N–H and O–H groups in total. The first-order valence-electron chi connectivity index (χ1n) is 6.56. The molecule has 2 rings (SSSR count). The first-order valence-corrected chi connectivity index (χ1v) is 6.56. The predicted octanol–water partition coefficient (Wildman–Crippen LogP) is 1.63. The monoisotopic (exact) mass is 236 g/mol. The van der Waals surface area contributed by atoms with E-state index in [4.69, 9.17) is 5.73 Å². The van der Waals surface area contributed by atoms with Crippen LogP contribution in [-0.2, 0) is 6.54 Å². The second-order valence-corrected chi connectivity index (χ2v) is 5.55. The van der Waals surface area contributed by atoms with Crippen molar-refractivity contribution in [1.29, 1.82) is 0 Å². The molecule has 1 saturated heterocycles. The van der Waals surface area contributed by atoms with Crippen molar-refractivity contribution in [2.24, 2.45) is 11.7 Å². The average Bonchev–Trinajstić information content (AvgIpc) is 2.72. The number of nitrogens with zero attached hydrogens (tertiary/aromatic N) is 3. The summed E-state index contributed by atoms with van der Waals surface area (Å²) < 4.78 is 2.25. The Morgan fingerprint density at radius 3 is 2.94 bits per heavy atom. The zero-order valence-corrected chi connectivity index (χ0v) is 11.1. The number of likely N-dealkylation sites (tertiary alicyclic amines) is 1. The van der Waals surface area contributed by atoms with Gasteiger partial charge in [-0.3, -0.25) is 4.90 Å². The van der Waals surface area contributed by atoms with Gasteiger partial charge in [0.05, 0.1) is 12.0 Å². The molecule has 1 aliphatic rings. The van der Waals surface area contributed by atoms with Gasteiger partial charge in [0.25, 0.3) is 0 Å². The average molecular weight is 236 g/mol. The summed E-state index contributed by atoms with van der Waals surface area (Å²) in [6.45, 7) is 9.84. The summed E-state index contributed by atoms with van der Waals surface area (Å²) in [5.74, 6) is 0.596. The van der Waals surface area contributed by atoms with E-state index in [1.807, 2.05) is 12.5 Å². The van der Waals surface area contributed by atoms with E-state index in [1.54, 1.807) is 0 Å². The van der Waals surface area contributed by atoms with Crippen LogP contribution in [-0.4, -0.2) is 33.6 Å². The van der Waals surface area contributed by atoms with E-state index in [0.29, 0.717) is 18.0 Å². The predicted molar refractivity (Wildman–Crippen MR) is 69.6 cm³/mol. The second kappa shape index (κ2) is 5.19. The quantitative estimate of drug-likeness (QED) is 0.867. The summed E-state index contributed by atoms with van der Waals surface area (Å²) in [4.78, 5) is 6.74. The van der Waals surface area contributed by atoms with Gasteiger partial charge in [-0.25, -0.2) is 4.98 Å². The van der Waals surface area contributed by atoms with Crippen LogP contribution in [0.5, 0.6) is 0 Å². The third kappa shape index (κ3) is 2.87. The molecule has 0 amide bonds. The molecule has 1 fully saturated rings. The number of piperidine rings is 1. The maximum absolute atomic E-state index is 6.05. The first-order chi connectivity index (χ1) is 8.08. The van der Waals surface area contributed by atoms with Crippen molar-refractivity contribution in [2.45, 2.75) is 45.8 Å². The molecule has 1 aromatic heterocycles. The lowest BCUT2D eigenvalue weighted by Gasteiger charge is -2.35. The number of rotatable bonds is 3. The van der Waals surface area contributed by atoms with Crippen molar-refractivity contribution in [2.75, 3.05) is 13.1 Å². The molecule has 96 valence electrons. The van der Waals surface area contributed by atoms with Crippen molar-refractivity contribution in [1.82, 2.24) is 14.5 Å². The van der Waals surface area contributed by atoms with Crippen molar-refractivity contribution in [3.63, 3.8) is 0 Å². The number of imidazole rings is 1. The van der Waals surface area contributed by atoms with Crippen LogP contribution in [0.25, 0.3) is 0 Å². The van der Waals surface area contributed by atoms with Crippen molar-refractivity contribution < 1.29 is 0 Å². The SMILES string of the molecule is CC1CN(Cc2cncn2C(C)C)CCC1N. The van der Waals surface area contributed by atoms with Crippen LogP contribution in [0, 0.1) is 5.92 Å². The minimum atomic E-state index is 0.376. The highest BCUT2D eigenvalue weighted by atomic mass is 15.2. The Balaban J connectivity index is 1.99. The molecule has 0 aromatic carbocycles. The Kier molecular flexibility index (Phi) is 3.84. The van der Waals surface area contributed by atoms with Gasteiger partial charge in [-0.05, 0) is 26.2 Å². The van der Waals surface area contributed by atoms with Gasteiger partial charge in [0.2, 0.25) is 0 Å². The lowest BCUT2D eigenvalue weighted by atomic mass is 9.95. The molecule has 2 atom stereocenters. The zero-order valence-electron chi connectivity index (χ0n) is 11.1. The highest BCUT2D eigenvalue weighted by Gasteiger charge is 2.23. The molecule has 0 bridgehead atoms. The van der Waals surface area contributed by atoms with Crippen LogP contribution in [0.15, 0.2) is 12.5 Å². The summed E-state index contributed by atoms with van der Waals surface area (Å²) in [5.41, 5.74) is 7.36. The molecule has 0 spiro atoms. The molecule has 2 heterocycles. The summed E-state index contributed by atoms with van der Waals surface area (Å²) in [7, 11) is 0. The van der Waals surface area contributed by atoms with Gasteiger partial charge >= 0.3 is 0 Å². The molecule has 4 heteroatoms. The minimum absolute atomic E-state index is 0.376. The molecule has 0 aliphatic carbocycles. The molecular formula is C13H24N4. The largest absolute Gasteiger partial charge is 0.331 e. The number of aromatic nitrogens is 2. The second-order valence-electron chi connectivity index (χ2n) is 5.55. The van der Waals surface area contributed by atoms with Gasteiger partial charge in [-0.1, -0.05) is 6.92 Å². The Hall–Kier alpha value is -0.870. The number of hydrogen-bond acceptors (Lipinski definition) is 3. The fourth-order valence-corrected chi connectivity index (χ4v) is 2.54. The van der Waals surface area contributed by atoms with Crippen molar-refractivity contribution in [3.05, 3.63) is 18.2 Å². The molecule has 1 aliphatic heterocycles. The standard InChI is InChI=1S/C13H24N4/c1-10(2)17-9-15-6-12(17)8-16-5-4-13(14)11(3)7-16/h6,9-11,13H,4-5,7-8,14H2,1-3H3. The number of nitrogens with two attached hydrogens (primary N) is 1. The van der Waals surface area contributed by atoms with E-state index in [0.717, 1.165) is 26.1 Å². The maximum atomic E-state index is 6.05. The van der Waals surface area contributed by atoms with Crippen molar-refractivity contribution >= 4 is 0 Å². The highest BCUT2D eigenvalue weighted by molar-refractivity contribution is 5.00. The van der Waals surface area contributed by atoms with Gasteiger partial charge in [0.15, 0.2) is 0 Å². The minimum Gasteiger partial charge on any atom is -0.331 e. The van der Waals surface area contributed by atoms with Crippen LogP contribution < -0.4 is 5.73 Å². The van der Waals surface area contributed by atoms with Gasteiger partial charge in [-0.15, -0.1) is 0 Å². The first kappa shape index (κ1) is 12.6. The van der Waals surface area contributed by atoms with Gasteiger partial charge in [0.1, 0.15) is 0 Å². The van der Waals surface area contributed by atoms with Crippen molar-refractivity contribution in [3.8, 4) is 0 Å². The van der Waals surface area contributed by atoms with E-state index in [9.17, 15) is 0 Å². The number of hydrogen-bond donors (Lipinski definition) is 1. The molecule has 17 heavy (non-hydrogen) atoms. The topological polar surface area (TPSA) is 47.1 Å². The van der Waals surface area contributed by atoms with Gasteiger partial charge in [-0.2, -0.15) is 0 Å². The molecular weight excluding hydrogens is 212 g/mol. The van der Waals surface area contributed by atoms with Crippen LogP contribution in [0.4, 0.5) is 0 Å². The van der Waals surface area contributed by atoms with Crippen LogP contribution >= 0.6 is 0 Å². The Morgan fingerprint density at radius 1 is 1.53 bits per heavy atom. The van der Waals surface area contributed by atoms with Gasteiger partial charge in [0, 0.05) is 37.9 Å². The van der Waals surface area contributed by atoms with E-state index in [1.165, 1.54) is 5.69 Å². The van der Waals surface area contributed by atoms with Crippen LogP contribution in [0.1, 0.15) is 38.9 Å². The van der Waals surface area contributed by atoms with E-state index in [2.05, 4.69) is 35.2 Å². The fraction of sp³-hybridized carbons (Fsp3) is 0.769. The lowest BCUT2D eigenvalue weighted by molar-refractivity contribution is 0.154. The van der Waals surface area contributed by atoms with Gasteiger partial charge < -0.3 is 10.3 Å². The molecule has 0 radical (unpaired) electrons. The van der Waals surface area contributed by atoms with E-state index < -0.39 is 0 Å². The smallest absolute Gasteiger partial charge is 0.0951 e. The third-order valence-corrected chi connectivity index (χ3v) is 3.74. The summed E-state index contributed by atoms with van der Waals surface area (Å²) >= 11 is 0. The summed E-state index contributed by atoms with van der Waals surface area (Å²) in [6, 6.07) is 0.859. The summed E-state index contributed by atoms with van der Waals surface area (Å²) in [5, 5.41) is 0. The molecule has 1 aromatic rings. The fourth-order valence-electron chi connectivity index (χ4n) is 2.54. The molecule has 0 saturated carbocycles. The Labute approximate surface area is 104 Å². The Bertz CT molecular complexity index is 358. The van der Waals surface area contributed by atoms with Crippen LogP contribution in [0.3, 0.4) is 0 Å². The van der Waals surface area contributed by atoms with Crippen LogP contribution in [0.2, 0.25) is 0 Å². The normalized spacial score (nSPS) is 26.6. The van der Waals surface area contributed by atoms with E-state index in [-0.39, 0.29) is 0 Å². The highest BCUT2D eigenvalue weighted by Crippen LogP contribution is 2.18. The lowest BCUT2D eigenvalue weighted by Crippen LogP contribution is -2.45. The van der Waals surface area contributed by atoms with E-state index >= 15 is 0 Å². The Morgan fingerprint density at radius 2 is 2.29 bits per heavy atom. The summed E-state index contributed by atoms with van der Waals surface area (Å²) in [6.07, 6.45) is 5.02. The zero-order chi connectivity index (χ0) is 12.4.